The first-order chi connectivity index (χ1) is 22.8. The Hall–Kier alpha value is -3.94. The fourth-order valence-electron chi connectivity index (χ4n) is 6.15. The van der Waals surface area contributed by atoms with Crippen LogP contribution in [-0.2, 0) is 33.6 Å². The second kappa shape index (κ2) is 18.7. The van der Waals surface area contributed by atoms with Gasteiger partial charge in [0.2, 0.25) is 17.7 Å². The zero-order valence-electron chi connectivity index (χ0n) is 29.6. The van der Waals surface area contributed by atoms with Crippen molar-refractivity contribution in [3.63, 3.8) is 0 Å². The van der Waals surface area contributed by atoms with Gasteiger partial charge in [-0.2, -0.15) is 0 Å². The molecule has 1 aliphatic heterocycles. The normalized spacial score (nSPS) is 25.7. The predicted molar refractivity (Wildman–Crippen MR) is 181 cm³/mol. The summed E-state index contributed by atoms with van der Waals surface area (Å²) in [5.74, 6) is -7.07. The molecule has 3 amide bonds. The molecule has 14 nitrogen and oxygen atoms in total. The van der Waals surface area contributed by atoms with Gasteiger partial charge < -0.3 is 31.3 Å². The fourth-order valence-corrected chi connectivity index (χ4v) is 6.15. The summed E-state index contributed by atoms with van der Waals surface area (Å²) >= 11 is 0. The second-order valence-electron chi connectivity index (χ2n) is 14.4. The molecule has 0 aromatic heterocycles. The lowest BCUT2D eigenvalue weighted by atomic mass is 9.75. The number of aliphatic hydroxyl groups excluding tert-OH is 2. The van der Waals surface area contributed by atoms with Crippen LogP contribution in [0.4, 0.5) is 0 Å². The number of ketones is 3. The standard InChI is InChI=1S/C35H54N4O10/c1-19(2)22(34(48)49)15-26(41)25-10-11-30(45)37-14-12-31(46)36-13-8-7-9-24(27(42)16-23(21(4)40)33(47)39-25)38-20(3)32-28(43)17-35(5,6)18-29(32)44/h19,21-25,40,43H,7-18H2,1-6H3,(H,36,46)(H,37,45)(H,39,47)(H,48,49)/t21-,22?,23?,24+,25?/m1/s1. The van der Waals surface area contributed by atoms with Crippen LogP contribution >= 0.6 is 0 Å². The van der Waals surface area contributed by atoms with Crippen LogP contribution in [0.2, 0.25) is 0 Å². The highest BCUT2D eigenvalue weighted by Crippen LogP contribution is 2.36. The Morgan fingerprint density at radius 2 is 1.57 bits per heavy atom. The van der Waals surface area contributed by atoms with Crippen LogP contribution in [0, 0.1) is 23.2 Å². The lowest BCUT2D eigenvalue weighted by Gasteiger charge is -2.29. The number of allylic oxidation sites excluding steroid dienone is 2. The van der Waals surface area contributed by atoms with Gasteiger partial charge >= 0.3 is 5.97 Å². The summed E-state index contributed by atoms with van der Waals surface area (Å²) in [4.78, 5) is 94.9. The van der Waals surface area contributed by atoms with Crippen LogP contribution in [0.1, 0.15) is 106 Å². The summed E-state index contributed by atoms with van der Waals surface area (Å²) in [5.41, 5.74) is -0.194. The SMILES string of the molecule is CC(=N[C@H]1CCCCNC(=O)CCNC(=O)CCC(C(=O)CC(C(=O)O)C(C)C)NC(=O)C([C@@H](C)O)CC1=O)C1=C(O)CC(C)(C)CC1=O. The smallest absolute Gasteiger partial charge is 0.307 e. The average Bonchev–Trinajstić information content (AvgIpc) is 2.97. The van der Waals surface area contributed by atoms with Gasteiger partial charge in [-0.1, -0.05) is 27.7 Å². The van der Waals surface area contributed by atoms with Crippen LogP contribution in [0.15, 0.2) is 16.3 Å². The lowest BCUT2D eigenvalue weighted by Crippen LogP contribution is -2.48. The van der Waals surface area contributed by atoms with Gasteiger partial charge in [0.25, 0.3) is 0 Å². The molecule has 1 aliphatic carbocycles. The Bertz CT molecular complexity index is 1330. The quantitative estimate of drug-likeness (QED) is 0.204. The summed E-state index contributed by atoms with van der Waals surface area (Å²) in [6.07, 6.45) is -1.06. The maximum absolute atomic E-state index is 13.8. The van der Waals surface area contributed by atoms with E-state index in [4.69, 9.17) is 0 Å². The highest BCUT2D eigenvalue weighted by atomic mass is 16.4. The van der Waals surface area contributed by atoms with Crippen molar-refractivity contribution in [2.45, 2.75) is 124 Å². The summed E-state index contributed by atoms with van der Waals surface area (Å²) < 4.78 is 0. The van der Waals surface area contributed by atoms with Crippen molar-refractivity contribution in [2.24, 2.45) is 28.2 Å². The molecule has 0 spiro atoms. The highest BCUT2D eigenvalue weighted by Gasteiger charge is 2.36. The number of amides is 3. The Labute approximate surface area is 288 Å². The van der Waals surface area contributed by atoms with E-state index < -0.39 is 83.5 Å². The molecule has 0 saturated carbocycles. The van der Waals surface area contributed by atoms with Gasteiger partial charge in [0, 0.05) is 57.3 Å². The molecule has 0 aromatic carbocycles. The minimum absolute atomic E-state index is 0.00359. The number of hydrogen-bond donors (Lipinski definition) is 6. The molecular weight excluding hydrogens is 636 g/mol. The van der Waals surface area contributed by atoms with Crippen LogP contribution in [0.3, 0.4) is 0 Å². The number of carboxylic acid groups (broad SMARTS) is 1. The molecule has 0 aromatic rings. The van der Waals surface area contributed by atoms with Gasteiger partial charge in [-0.15, -0.1) is 0 Å². The van der Waals surface area contributed by atoms with Crippen molar-refractivity contribution in [2.75, 3.05) is 13.1 Å². The highest BCUT2D eigenvalue weighted by molar-refractivity contribution is 6.22. The molecule has 1 saturated heterocycles. The molecule has 2 aliphatic rings. The van der Waals surface area contributed by atoms with Crippen LogP contribution in [-0.4, -0.2) is 93.3 Å². The number of aliphatic imine (C=N–C) groups is 1. The molecule has 49 heavy (non-hydrogen) atoms. The van der Waals surface area contributed by atoms with Crippen molar-refractivity contribution in [3.05, 3.63) is 11.3 Å². The van der Waals surface area contributed by atoms with E-state index in [9.17, 15) is 48.9 Å². The molecule has 2 rings (SSSR count). The largest absolute Gasteiger partial charge is 0.511 e. The van der Waals surface area contributed by atoms with Crippen molar-refractivity contribution < 1.29 is 48.9 Å². The van der Waals surface area contributed by atoms with Crippen LogP contribution < -0.4 is 16.0 Å². The summed E-state index contributed by atoms with van der Waals surface area (Å²) in [6, 6.07) is -2.33. The van der Waals surface area contributed by atoms with Gasteiger partial charge in [0.15, 0.2) is 17.3 Å². The van der Waals surface area contributed by atoms with Gasteiger partial charge in [-0.05, 0) is 50.9 Å². The van der Waals surface area contributed by atoms with Gasteiger partial charge in [0.1, 0.15) is 11.8 Å². The first kappa shape index (κ1) is 41.2. The van der Waals surface area contributed by atoms with Crippen molar-refractivity contribution >= 4 is 46.8 Å². The number of Topliss-reactive ketones (excluding diaryl/α,β-unsaturated/α-hetero) is 3. The number of carbonyl (C=O) groups excluding carboxylic acids is 6. The third-order valence-electron chi connectivity index (χ3n) is 9.08. The van der Waals surface area contributed by atoms with E-state index in [1.165, 1.54) is 13.8 Å². The Morgan fingerprint density at radius 1 is 0.939 bits per heavy atom. The van der Waals surface area contributed by atoms with E-state index >= 15 is 0 Å². The van der Waals surface area contributed by atoms with Gasteiger partial charge in [0.05, 0.1) is 29.6 Å². The van der Waals surface area contributed by atoms with E-state index in [0.717, 1.165) is 0 Å². The Morgan fingerprint density at radius 3 is 2.16 bits per heavy atom. The minimum Gasteiger partial charge on any atom is -0.511 e. The molecule has 3 unspecified atom stereocenters. The van der Waals surface area contributed by atoms with Crippen LogP contribution in [0.5, 0.6) is 0 Å². The van der Waals surface area contributed by atoms with E-state index in [2.05, 4.69) is 20.9 Å². The minimum atomic E-state index is -1.34. The van der Waals surface area contributed by atoms with Crippen LogP contribution in [0.25, 0.3) is 0 Å². The topological polar surface area (TPSA) is 229 Å². The molecule has 0 bridgehead atoms. The zero-order chi connectivity index (χ0) is 37.1. The van der Waals surface area contributed by atoms with Crippen molar-refractivity contribution in [1.82, 2.24) is 16.0 Å². The monoisotopic (exact) mass is 690 g/mol. The molecule has 1 heterocycles. The zero-order valence-corrected chi connectivity index (χ0v) is 29.6. The second-order valence-corrected chi connectivity index (χ2v) is 14.4. The first-order valence-corrected chi connectivity index (χ1v) is 17.1. The average molecular weight is 691 g/mol. The van der Waals surface area contributed by atoms with E-state index in [0.29, 0.717) is 19.4 Å². The fraction of sp³-hybridized carbons (Fsp3) is 0.714. The Kier molecular flexibility index (Phi) is 15.8. The summed E-state index contributed by atoms with van der Waals surface area (Å²) in [5, 5.41) is 38.9. The maximum atomic E-state index is 13.8. The number of carboxylic acids is 1. The molecule has 1 fully saturated rings. The van der Waals surface area contributed by atoms with E-state index in [1.807, 2.05) is 13.8 Å². The number of hydrogen-bond acceptors (Lipinski definition) is 10. The number of rotatable bonds is 8. The number of nitrogens with one attached hydrogen (secondary N) is 3. The van der Waals surface area contributed by atoms with Crippen molar-refractivity contribution in [1.29, 1.82) is 0 Å². The molecule has 14 heteroatoms. The van der Waals surface area contributed by atoms with E-state index in [1.54, 1.807) is 13.8 Å². The van der Waals surface area contributed by atoms with Crippen molar-refractivity contribution in [3.8, 4) is 0 Å². The summed E-state index contributed by atoms with van der Waals surface area (Å²) in [6.45, 7) is 10.2. The molecule has 5 atom stereocenters. The Balaban J connectivity index is 2.45. The predicted octanol–water partition coefficient (Wildman–Crippen LogP) is 2.36. The summed E-state index contributed by atoms with van der Waals surface area (Å²) in [7, 11) is 0. The lowest BCUT2D eigenvalue weighted by molar-refractivity contribution is -0.146. The van der Waals surface area contributed by atoms with E-state index in [-0.39, 0.29) is 73.8 Å². The first-order valence-electron chi connectivity index (χ1n) is 17.1. The number of aliphatic hydroxyl groups is 2. The maximum Gasteiger partial charge on any atom is 0.307 e. The number of carbonyl (C=O) groups is 7. The van der Waals surface area contributed by atoms with Gasteiger partial charge in [-0.3, -0.25) is 38.6 Å². The molecular formula is C35H54N4O10. The van der Waals surface area contributed by atoms with Gasteiger partial charge in [-0.25, -0.2) is 0 Å². The third-order valence-corrected chi connectivity index (χ3v) is 9.08. The molecule has 6 N–H and O–H groups in total. The third kappa shape index (κ3) is 13.1. The number of aliphatic carboxylic acids is 1. The molecule has 0 radical (unpaired) electrons. The molecule has 274 valence electrons. The number of nitrogens with zero attached hydrogens (tertiary/aromatic N) is 1.